The molecule has 1 unspecified atom stereocenters. The number of benzene rings is 1. The summed E-state index contributed by atoms with van der Waals surface area (Å²) in [4.78, 5) is 0. The van der Waals surface area contributed by atoms with Gasteiger partial charge in [0.2, 0.25) is 0 Å². The van der Waals surface area contributed by atoms with Crippen LogP contribution in [-0.2, 0) is 17.5 Å². The third-order valence-electron chi connectivity index (χ3n) is 2.00. The third-order valence-corrected chi connectivity index (χ3v) is 2.54. The quantitative estimate of drug-likeness (QED) is 0.715. The van der Waals surface area contributed by atoms with Gasteiger partial charge in [-0.25, -0.2) is 0 Å². The summed E-state index contributed by atoms with van der Waals surface area (Å²) in [5.41, 5.74) is 1.56. The molecule has 2 aromatic rings. The van der Waals surface area contributed by atoms with E-state index in [1.165, 1.54) is 0 Å². The first-order valence-corrected chi connectivity index (χ1v) is 5.40. The maximum absolute atomic E-state index is 10.4. The Morgan fingerprint density at radius 2 is 2.36 bits per heavy atom. The van der Waals surface area contributed by atoms with E-state index in [0.717, 1.165) is 10.9 Å². The van der Waals surface area contributed by atoms with E-state index in [2.05, 4.69) is 5.16 Å². The highest BCUT2D eigenvalue weighted by Crippen LogP contribution is 2.18. The lowest BCUT2D eigenvalue weighted by Gasteiger charge is -2.04. The summed E-state index contributed by atoms with van der Waals surface area (Å²) in [5, 5.41) is 4.56. The molecule has 0 fully saturated rings. The van der Waals surface area contributed by atoms with Gasteiger partial charge in [-0.15, -0.1) is 0 Å². The van der Waals surface area contributed by atoms with Gasteiger partial charge in [-0.3, -0.25) is 4.21 Å². The van der Waals surface area contributed by atoms with E-state index in [4.69, 9.17) is 4.52 Å². The molecule has 0 bridgehead atoms. The maximum atomic E-state index is 10.4. The van der Waals surface area contributed by atoms with Gasteiger partial charge in [0.25, 0.3) is 0 Å². The zero-order chi connectivity index (χ0) is 9.97. The van der Waals surface area contributed by atoms with Crippen molar-refractivity contribution < 1.29 is 13.3 Å². The minimum Gasteiger partial charge on any atom is -0.772 e. The van der Waals surface area contributed by atoms with E-state index < -0.39 is 11.1 Å². The molecule has 0 spiro atoms. The molecule has 2 rings (SSSR count). The fraction of sp³-hybridized carbons (Fsp3) is 0.222. The molecule has 4 nitrogen and oxygen atoms in total. The second kappa shape index (κ2) is 3.89. The van der Waals surface area contributed by atoms with Crippen molar-refractivity contribution in [1.82, 2.24) is 5.16 Å². The summed E-state index contributed by atoms with van der Waals surface area (Å²) in [5.74, 6) is 0.111. The largest absolute Gasteiger partial charge is 0.772 e. The maximum Gasteiger partial charge on any atom is 0.170 e. The molecule has 0 saturated heterocycles. The van der Waals surface area contributed by atoms with Crippen LogP contribution in [0.4, 0.5) is 0 Å². The van der Waals surface area contributed by atoms with Crippen molar-refractivity contribution in [3.8, 4) is 0 Å². The Kier molecular flexibility index (Phi) is 2.60. The molecule has 74 valence electrons. The van der Waals surface area contributed by atoms with Crippen LogP contribution in [0, 0.1) is 0 Å². The van der Waals surface area contributed by atoms with Gasteiger partial charge in [0, 0.05) is 11.1 Å². The summed E-state index contributed by atoms with van der Waals surface area (Å²) < 4.78 is 25.8. The van der Waals surface area contributed by atoms with Crippen LogP contribution in [-0.4, -0.2) is 19.7 Å². The van der Waals surface area contributed by atoms with Crippen LogP contribution in [0.15, 0.2) is 28.9 Å². The van der Waals surface area contributed by atoms with Crippen LogP contribution in [0.1, 0.15) is 5.56 Å². The number of aromatic nitrogens is 1. The van der Waals surface area contributed by atoms with Crippen molar-refractivity contribution in [2.24, 2.45) is 0 Å². The van der Waals surface area contributed by atoms with Crippen LogP contribution < -0.4 is 0 Å². The lowest BCUT2D eigenvalue weighted by Crippen LogP contribution is -1.99. The number of hydrogen-bond donors (Lipinski definition) is 0. The number of nitrogens with zero attached hydrogens (tertiary/aromatic N) is 1. The summed E-state index contributed by atoms with van der Waals surface area (Å²) in [6.07, 6.45) is 2.08. The Hall–Kier alpha value is -1.20. The first kappa shape index (κ1) is 9.36. The van der Waals surface area contributed by atoms with Crippen molar-refractivity contribution in [3.63, 3.8) is 0 Å². The number of hydrogen-bond acceptors (Lipinski definition) is 4. The van der Waals surface area contributed by atoms with Crippen molar-refractivity contribution in [2.75, 3.05) is 5.75 Å². The topological polar surface area (TPSA) is 66.2 Å². The van der Waals surface area contributed by atoms with Gasteiger partial charge in [-0.2, -0.15) is 0 Å². The van der Waals surface area contributed by atoms with Crippen LogP contribution in [0.2, 0.25) is 0 Å². The highest BCUT2D eigenvalue weighted by Gasteiger charge is 2.04. The van der Waals surface area contributed by atoms with E-state index in [9.17, 15) is 8.76 Å². The fourth-order valence-electron chi connectivity index (χ4n) is 1.34. The molecule has 0 radical (unpaired) electrons. The predicted molar refractivity (Wildman–Crippen MR) is 51.5 cm³/mol. The van der Waals surface area contributed by atoms with Crippen LogP contribution in [0.3, 0.4) is 0 Å². The Bertz CT molecular complexity index is 466. The van der Waals surface area contributed by atoms with E-state index in [0.29, 0.717) is 12.0 Å². The zero-order valence-electron chi connectivity index (χ0n) is 7.30. The molecule has 0 aliphatic rings. The first-order chi connectivity index (χ1) is 6.77. The van der Waals surface area contributed by atoms with Gasteiger partial charge in [0.15, 0.2) is 5.58 Å². The molecule has 0 aliphatic carbocycles. The summed E-state index contributed by atoms with van der Waals surface area (Å²) in [6, 6.07) is 5.59. The SMILES string of the molecule is O=S([O-])CCc1cccc2cnoc12. The van der Waals surface area contributed by atoms with Gasteiger partial charge < -0.3 is 9.08 Å². The van der Waals surface area contributed by atoms with E-state index >= 15 is 0 Å². The van der Waals surface area contributed by atoms with Crippen LogP contribution >= 0.6 is 0 Å². The normalized spacial score (nSPS) is 13.2. The molecule has 0 aliphatic heterocycles. The minimum atomic E-state index is -2.01. The van der Waals surface area contributed by atoms with Crippen molar-refractivity contribution in [3.05, 3.63) is 30.0 Å². The predicted octanol–water partition coefficient (Wildman–Crippen LogP) is 1.25. The molecule has 0 N–H and O–H groups in total. The number of fused-ring (bicyclic) bond motifs is 1. The smallest absolute Gasteiger partial charge is 0.170 e. The average Bonchev–Trinajstić information content (AvgIpc) is 2.62. The highest BCUT2D eigenvalue weighted by atomic mass is 32.2. The number of aryl methyl sites for hydroxylation is 1. The Morgan fingerprint density at radius 3 is 3.14 bits per heavy atom. The van der Waals surface area contributed by atoms with E-state index in [1.807, 2.05) is 18.2 Å². The van der Waals surface area contributed by atoms with Gasteiger partial charge in [0.05, 0.1) is 6.20 Å². The van der Waals surface area contributed by atoms with Crippen molar-refractivity contribution in [2.45, 2.75) is 6.42 Å². The molecule has 1 aromatic heterocycles. The second-order valence-electron chi connectivity index (χ2n) is 2.92. The van der Waals surface area contributed by atoms with E-state index in [1.54, 1.807) is 6.20 Å². The standard InChI is InChI=1S/C9H9NO3S/c11-14(12)5-4-7-2-1-3-8-6-10-13-9(7)8/h1-3,6H,4-5H2,(H,11,12)/p-1. The Morgan fingerprint density at radius 1 is 1.50 bits per heavy atom. The third kappa shape index (κ3) is 1.83. The minimum absolute atomic E-state index is 0.111. The molecule has 0 saturated carbocycles. The monoisotopic (exact) mass is 210 g/mol. The molecular formula is C9H8NO3S-. The van der Waals surface area contributed by atoms with Crippen LogP contribution in [0.25, 0.3) is 11.0 Å². The van der Waals surface area contributed by atoms with Crippen LogP contribution in [0.5, 0.6) is 0 Å². The van der Waals surface area contributed by atoms with Gasteiger partial charge in [-0.1, -0.05) is 28.4 Å². The fourth-order valence-corrected chi connectivity index (χ4v) is 1.73. The molecular weight excluding hydrogens is 202 g/mol. The van der Waals surface area contributed by atoms with Gasteiger partial charge in [-0.05, 0) is 18.1 Å². The molecule has 14 heavy (non-hydrogen) atoms. The Balaban J connectivity index is 2.32. The second-order valence-corrected chi connectivity index (χ2v) is 3.93. The van der Waals surface area contributed by atoms with Crippen molar-refractivity contribution in [1.29, 1.82) is 0 Å². The summed E-state index contributed by atoms with van der Waals surface area (Å²) in [7, 11) is 0. The average molecular weight is 210 g/mol. The Labute approximate surface area is 83.2 Å². The molecule has 0 amide bonds. The lowest BCUT2D eigenvalue weighted by molar-refractivity contribution is 0.454. The lowest BCUT2D eigenvalue weighted by atomic mass is 10.1. The summed E-state index contributed by atoms with van der Waals surface area (Å²) >= 11 is -2.01. The molecule has 1 heterocycles. The zero-order valence-corrected chi connectivity index (χ0v) is 8.12. The summed E-state index contributed by atoms with van der Waals surface area (Å²) in [6.45, 7) is 0. The number of para-hydroxylation sites is 1. The molecule has 5 heteroatoms. The molecule has 1 aromatic carbocycles. The first-order valence-electron chi connectivity index (χ1n) is 4.15. The van der Waals surface area contributed by atoms with Gasteiger partial charge >= 0.3 is 0 Å². The van der Waals surface area contributed by atoms with Crippen molar-refractivity contribution >= 4 is 22.0 Å². The highest BCUT2D eigenvalue weighted by molar-refractivity contribution is 7.79. The van der Waals surface area contributed by atoms with E-state index in [-0.39, 0.29) is 5.75 Å². The van der Waals surface area contributed by atoms with Gasteiger partial charge in [0.1, 0.15) is 0 Å². The molecule has 1 atom stereocenters. The number of rotatable bonds is 3.